The molecular formula is C17H27N3O5. The summed E-state index contributed by atoms with van der Waals surface area (Å²) in [6.45, 7) is 6.26. The molecule has 0 saturated carbocycles. The Kier molecular flexibility index (Phi) is 7.84. The van der Waals surface area contributed by atoms with E-state index in [1.807, 2.05) is 6.07 Å². The highest BCUT2D eigenvalue weighted by Crippen LogP contribution is 2.27. The number of carbonyl (C=O) groups is 2. The van der Waals surface area contributed by atoms with Crippen LogP contribution in [0.15, 0.2) is 18.2 Å². The zero-order chi connectivity index (χ0) is 18.9. The first-order chi connectivity index (χ1) is 11.7. The van der Waals surface area contributed by atoms with E-state index < -0.39 is 11.7 Å². The highest BCUT2D eigenvalue weighted by molar-refractivity contribution is 5.74. The fourth-order valence-electron chi connectivity index (χ4n) is 1.89. The Morgan fingerprint density at radius 2 is 1.60 bits per heavy atom. The van der Waals surface area contributed by atoms with E-state index in [2.05, 4.69) is 16.0 Å². The van der Waals surface area contributed by atoms with Crippen LogP contribution in [0.5, 0.6) is 11.5 Å². The standard InChI is InChI=1S/C17H27N3O5/c1-17(2,3)25-16(22)19-9-8-18-15(21)20-11-12-6-7-13(23-4)14(10-12)24-5/h6-7,10H,8-9,11H2,1-5H3,(H,19,22)(H2,18,20,21). The number of hydrogen-bond acceptors (Lipinski definition) is 5. The van der Waals surface area contributed by atoms with Gasteiger partial charge in [0.05, 0.1) is 14.2 Å². The van der Waals surface area contributed by atoms with Gasteiger partial charge >= 0.3 is 12.1 Å². The van der Waals surface area contributed by atoms with Crippen LogP contribution in [0.2, 0.25) is 0 Å². The van der Waals surface area contributed by atoms with Gasteiger partial charge in [-0.25, -0.2) is 9.59 Å². The second-order valence-electron chi connectivity index (χ2n) is 6.23. The quantitative estimate of drug-likeness (QED) is 0.652. The zero-order valence-corrected chi connectivity index (χ0v) is 15.4. The first-order valence-corrected chi connectivity index (χ1v) is 7.94. The number of benzene rings is 1. The molecule has 0 aliphatic heterocycles. The summed E-state index contributed by atoms with van der Waals surface area (Å²) in [4.78, 5) is 23.2. The lowest BCUT2D eigenvalue weighted by atomic mass is 10.2. The number of urea groups is 1. The molecule has 1 rings (SSSR count). The molecule has 0 fully saturated rings. The molecule has 3 amide bonds. The molecule has 0 atom stereocenters. The van der Waals surface area contributed by atoms with Gasteiger partial charge in [0.25, 0.3) is 0 Å². The summed E-state index contributed by atoms with van der Waals surface area (Å²) < 4.78 is 15.5. The van der Waals surface area contributed by atoms with Crippen LogP contribution < -0.4 is 25.4 Å². The number of carbonyl (C=O) groups excluding carboxylic acids is 2. The Bertz CT molecular complexity index is 584. The Morgan fingerprint density at radius 3 is 2.20 bits per heavy atom. The maximum Gasteiger partial charge on any atom is 0.407 e. The van der Waals surface area contributed by atoms with Crippen molar-refractivity contribution in [2.24, 2.45) is 0 Å². The highest BCUT2D eigenvalue weighted by atomic mass is 16.6. The predicted molar refractivity (Wildman–Crippen MR) is 94.0 cm³/mol. The van der Waals surface area contributed by atoms with E-state index in [9.17, 15) is 9.59 Å². The number of nitrogens with one attached hydrogen (secondary N) is 3. The lowest BCUT2D eigenvalue weighted by Gasteiger charge is -2.19. The van der Waals surface area contributed by atoms with Gasteiger partial charge in [-0.2, -0.15) is 0 Å². The summed E-state index contributed by atoms with van der Waals surface area (Å²) in [5.41, 5.74) is 0.327. The van der Waals surface area contributed by atoms with Crippen molar-refractivity contribution >= 4 is 12.1 Å². The molecule has 140 valence electrons. The van der Waals surface area contributed by atoms with Crippen molar-refractivity contribution in [2.75, 3.05) is 27.3 Å². The third-order valence-corrected chi connectivity index (χ3v) is 2.98. The van der Waals surface area contributed by atoms with E-state index in [1.54, 1.807) is 47.1 Å². The largest absolute Gasteiger partial charge is 0.493 e. The Morgan fingerprint density at radius 1 is 0.960 bits per heavy atom. The molecule has 0 aromatic heterocycles. The molecule has 0 spiro atoms. The van der Waals surface area contributed by atoms with E-state index in [0.717, 1.165) is 5.56 Å². The average molecular weight is 353 g/mol. The molecule has 0 aliphatic carbocycles. The minimum absolute atomic E-state index is 0.276. The van der Waals surface area contributed by atoms with Crippen LogP contribution in [0.25, 0.3) is 0 Å². The smallest absolute Gasteiger partial charge is 0.407 e. The van der Waals surface area contributed by atoms with Crippen molar-refractivity contribution in [3.63, 3.8) is 0 Å². The van der Waals surface area contributed by atoms with Crippen LogP contribution in [0.1, 0.15) is 26.3 Å². The van der Waals surface area contributed by atoms with Crippen LogP contribution in [-0.4, -0.2) is 45.0 Å². The first-order valence-electron chi connectivity index (χ1n) is 7.94. The predicted octanol–water partition coefficient (Wildman–Crippen LogP) is 2.03. The van der Waals surface area contributed by atoms with Gasteiger partial charge < -0.3 is 30.2 Å². The first kappa shape index (κ1) is 20.4. The average Bonchev–Trinajstić information content (AvgIpc) is 2.55. The minimum atomic E-state index is -0.547. The fourth-order valence-corrected chi connectivity index (χ4v) is 1.89. The van der Waals surface area contributed by atoms with Crippen molar-refractivity contribution in [2.45, 2.75) is 32.9 Å². The molecule has 8 heteroatoms. The van der Waals surface area contributed by atoms with Gasteiger partial charge in [-0.05, 0) is 38.5 Å². The van der Waals surface area contributed by atoms with Gasteiger partial charge in [-0.1, -0.05) is 6.07 Å². The lowest BCUT2D eigenvalue weighted by Crippen LogP contribution is -2.41. The normalized spacial score (nSPS) is 10.6. The third-order valence-electron chi connectivity index (χ3n) is 2.98. The third kappa shape index (κ3) is 8.14. The molecule has 0 unspecified atom stereocenters. The molecule has 1 aromatic rings. The van der Waals surface area contributed by atoms with Gasteiger partial charge in [0.1, 0.15) is 5.60 Å². The van der Waals surface area contributed by atoms with Gasteiger partial charge in [0.15, 0.2) is 11.5 Å². The van der Waals surface area contributed by atoms with Crippen LogP contribution >= 0.6 is 0 Å². The molecule has 0 aliphatic rings. The van der Waals surface area contributed by atoms with E-state index in [0.29, 0.717) is 18.0 Å². The SMILES string of the molecule is COc1ccc(CNC(=O)NCCNC(=O)OC(C)(C)C)cc1OC. The highest BCUT2D eigenvalue weighted by Gasteiger charge is 2.15. The Hall–Kier alpha value is -2.64. The number of amides is 3. The van der Waals surface area contributed by atoms with E-state index in [1.165, 1.54) is 0 Å². The Labute approximate surface area is 148 Å². The van der Waals surface area contributed by atoms with Crippen LogP contribution in [0, 0.1) is 0 Å². The van der Waals surface area contributed by atoms with Crippen LogP contribution in [0.4, 0.5) is 9.59 Å². The number of alkyl carbamates (subject to hydrolysis) is 1. The molecule has 3 N–H and O–H groups in total. The van der Waals surface area contributed by atoms with E-state index in [4.69, 9.17) is 14.2 Å². The van der Waals surface area contributed by atoms with Gasteiger partial charge in [-0.3, -0.25) is 0 Å². The van der Waals surface area contributed by atoms with Crippen molar-refractivity contribution in [3.05, 3.63) is 23.8 Å². The summed E-state index contributed by atoms with van der Waals surface area (Å²) in [6.07, 6.45) is -0.514. The summed E-state index contributed by atoms with van der Waals surface area (Å²) in [7, 11) is 3.12. The second kappa shape index (κ2) is 9.61. The van der Waals surface area contributed by atoms with Crippen molar-refractivity contribution in [1.29, 1.82) is 0 Å². The molecule has 0 saturated heterocycles. The second-order valence-corrected chi connectivity index (χ2v) is 6.23. The fraction of sp³-hybridized carbons (Fsp3) is 0.529. The van der Waals surface area contributed by atoms with Crippen molar-refractivity contribution in [3.8, 4) is 11.5 Å². The summed E-state index contributed by atoms with van der Waals surface area (Å²) >= 11 is 0. The molecule has 8 nitrogen and oxygen atoms in total. The molecule has 1 aromatic carbocycles. The number of methoxy groups -OCH3 is 2. The van der Waals surface area contributed by atoms with Crippen LogP contribution in [0.3, 0.4) is 0 Å². The Balaban J connectivity index is 2.28. The van der Waals surface area contributed by atoms with Gasteiger partial charge in [0, 0.05) is 19.6 Å². The molecule has 0 radical (unpaired) electrons. The molecule has 0 bridgehead atoms. The summed E-state index contributed by atoms with van der Waals surface area (Å²) in [5.74, 6) is 1.23. The van der Waals surface area contributed by atoms with Gasteiger partial charge in [-0.15, -0.1) is 0 Å². The summed E-state index contributed by atoms with van der Waals surface area (Å²) in [5, 5.41) is 7.93. The number of rotatable bonds is 7. The molecular weight excluding hydrogens is 326 g/mol. The summed E-state index contributed by atoms with van der Waals surface area (Å²) in [6, 6.07) is 5.08. The molecule has 25 heavy (non-hydrogen) atoms. The maximum atomic E-state index is 11.7. The topological polar surface area (TPSA) is 97.9 Å². The molecule has 0 heterocycles. The minimum Gasteiger partial charge on any atom is -0.493 e. The van der Waals surface area contributed by atoms with E-state index in [-0.39, 0.29) is 19.1 Å². The van der Waals surface area contributed by atoms with Gasteiger partial charge in [0.2, 0.25) is 0 Å². The van der Waals surface area contributed by atoms with Crippen molar-refractivity contribution < 1.29 is 23.8 Å². The monoisotopic (exact) mass is 353 g/mol. The number of hydrogen-bond donors (Lipinski definition) is 3. The van der Waals surface area contributed by atoms with E-state index >= 15 is 0 Å². The van der Waals surface area contributed by atoms with Crippen LogP contribution in [-0.2, 0) is 11.3 Å². The zero-order valence-electron chi connectivity index (χ0n) is 15.4. The van der Waals surface area contributed by atoms with Crippen molar-refractivity contribution in [1.82, 2.24) is 16.0 Å². The number of ether oxygens (including phenoxy) is 3. The maximum absolute atomic E-state index is 11.7. The lowest BCUT2D eigenvalue weighted by molar-refractivity contribution is 0.0528.